The molecule has 2 fully saturated rings. The molecule has 28 heavy (non-hydrogen) atoms. The fraction of sp³-hybridized carbons (Fsp3) is 0.636. The highest BCUT2D eigenvalue weighted by atomic mass is 16.5. The van der Waals surface area contributed by atoms with E-state index in [0.29, 0.717) is 6.61 Å². The quantitative estimate of drug-likeness (QED) is 0.718. The van der Waals surface area contributed by atoms with Gasteiger partial charge in [0.2, 0.25) is 11.8 Å². The normalized spacial score (nSPS) is 25.2. The van der Waals surface area contributed by atoms with Crippen LogP contribution in [0.2, 0.25) is 0 Å². The Balaban J connectivity index is 1.58. The molecule has 2 N–H and O–H groups in total. The summed E-state index contributed by atoms with van der Waals surface area (Å²) in [6.07, 6.45) is 7.19. The zero-order chi connectivity index (χ0) is 19.8. The molecule has 2 aliphatic carbocycles. The SMILES string of the molecule is COCC(=O)N[C@@H]1C[C@H](COc2ccccc2)C[C@H]1C(=O)NC1CCCCC1. The largest absolute Gasteiger partial charge is 0.493 e. The summed E-state index contributed by atoms with van der Waals surface area (Å²) >= 11 is 0. The second kappa shape index (κ2) is 10.5. The molecule has 0 aliphatic heterocycles. The van der Waals surface area contributed by atoms with Crippen molar-refractivity contribution in [2.24, 2.45) is 11.8 Å². The predicted octanol–water partition coefficient (Wildman–Crippen LogP) is 2.67. The molecule has 154 valence electrons. The van der Waals surface area contributed by atoms with Gasteiger partial charge in [-0.1, -0.05) is 37.5 Å². The van der Waals surface area contributed by atoms with Crippen molar-refractivity contribution in [2.75, 3.05) is 20.3 Å². The summed E-state index contributed by atoms with van der Waals surface area (Å²) in [6.45, 7) is 0.562. The number of amides is 2. The summed E-state index contributed by atoms with van der Waals surface area (Å²) < 4.78 is 10.8. The monoisotopic (exact) mass is 388 g/mol. The van der Waals surface area contributed by atoms with Gasteiger partial charge in [-0.2, -0.15) is 0 Å². The Morgan fingerprint density at radius 1 is 1.04 bits per heavy atom. The van der Waals surface area contributed by atoms with Gasteiger partial charge >= 0.3 is 0 Å². The summed E-state index contributed by atoms with van der Waals surface area (Å²) in [7, 11) is 1.50. The van der Waals surface area contributed by atoms with Crippen molar-refractivity contribution >= 4 is 11.8 Å². The Bertz CT molecular complexity index is 631. The lowest BCUT2D eigenvalue weighted by Crippen LogP contribution is -2.47. The average molecular weight is 389 g/mol. The number of benzene rings is 1. The van der Waals surface area contributed by atoms with E-state index < -0.39 is 0 Å². The Kier molecular flexibility index (Phi) is 7.71. The van der Waals surface area contributed by atoms with E-state index in [1.807, 2.05) is 30.3 Å². The van der Waals surface area contributed by atoms with Gasteiger partial charge in [-0.25, -0.2) is 0 Å². The Morgan fingerprint density at radius 2 is 1.79 bits per heavy atom. The van der Waals surface area contributed by atoms with Crippen molar-refractivity contribution in [2.45, 2.75) is 57.0 Å². The topological polar surface area (TPSA) is 76.7 Å². The third-order valence-corrected chi connectivity index (χ3v) is 5.80. The number of methoxy groups -OCH3 is 1. The molecule has 0 unspecified atom stereocenters. The highest BCUT2D eigenvalue weighted by Gasteiger charge is 2.40. The van der Waals surface area contributed by atoms with Gasteiger partial charge in [0.05, 0.1) is 12.5 Å². The van der Waals surface area contributed by atoms with Crippen LogP contribution < -0.4 is 15.4 Å². The summed E-state index contributed by atoms with van der Waals surface area (Å²) in [5.74, 6) is 0.740. The second-order valence-electron chi connectivity index (χ2n) is 8.02. The molecule has 0 bridgehead atoms. The van der Waals surface area contributed by atoms with Gasteiger partial charge in [0.15, 0.2) is 0 Å². The maximum atomic E-state index is 12.9. The van der Waals surface area contributed by atoms with Crippen LogP contribution in [-0.4, -0.2) is 44.2 Å². The third kappa shape index (κ3) is 5.96. The Labute approximate surface area is 167 Å². The standard InChI is InChI=1S/C22H32N2O4/c1-27-15-21(25)24-20-13-16(14-28-18-10-6-3-7-11-18)12-19(20)22(26)23-17-8-4-2-5-9-17/h3,6-7,10-11,16-17,19-20H,2,4-5,8-9,12-15H2,1H3,(H,23,26)(H,24,25)/t16-,19-,20-/m1/s1. The molecule has 3 rings (SSSR count). The first-order chi connectivity index (χ1) is 13.7. The number of hydrogen-bond donors (Lipinski definition) is 2. The molecule has 2 aliphatic rings. The minimum Gasteiger partial charge on any atom is -0.493 e. The van der Waals surface area contributed by atoms with Crippen LogP contribution in [0, 0.1) is 11.8 Å². The van der Waals surface area contributed by atoms with E-state index in [-0.39, 0.29) is 42.3 Å². The van der Waals surface area contributed by atoms with Crippen molar-refractivity contribution in [3.63, 3.8) is 0 Å². The fourth-order valence-electron chi connectivity index (χ4n) is 4.39. The molecule has 2 saturated carbocycles. The van der Waals surface area contributed by atoms with Gasteiger partial charge in [0.25, 0.3) is 0 Å². The number of rotatable bonds is 8. The van der Waals surface area contributed by atoms with Crippen LogP contribution in [0.3, 0.4) is 0 Å². The number of para-hydroxylation sites is 1. The molecule has 0 radical (unpaired) electrons. The van der Waals surface area contributed by atoms with Crippen molar-refractivity contribution in [3.05, 3.63) is 30.3 Å². The lowest BCUT2D eigenvalue weighted by Gasteiger charge is -2.26. The van der Waals surface area contributed by atoms with Crippen molar-refractivity contribution < 1.29 is 19.1 Å². The zero-order valence-electron chi connectivity index (χ0n) is 16.7. The van der Waals surface area contributed by atoms with Gasteiger partial charge in [0, 0.05) is 19.2 Å². The lowest BCUT2D eigenvalue weighted by molar-refractivity contribution is -0.128. The van der Waals surface area contributed by atoms with Gasteiger partial charge in [-0.15, -0.1) is 0 Å². The number of nitrogens with one attached hydrogen (secondary N) is 2. The predicted molar refractivity (Wildman–Crippen MR) is 107 cm³/mol. The van der Waals surface area contributed by atoms with Crippen LogP contribution in [0.25, 0.3) is 0 Å². The fourth-order valence-corrected chi connectivity index (χ4v) is 4.39. The molecular weight excluding hydrogens is 356 g/mol. The second-order valence-corrected chi connectivity index (χ2v) is 8.02. The molecule has 3 atom stereocenters. The summed E-state index contributed by atoms with van der Waals surface area (Å²) in [6, 6.07) is 9.80. The Morgan fingerprint density at radius 3 is 2.50 bits per heavy atom. The maximum absolute atomic E-state index is 12.9. The zero-order valence-corrected chi connectivity index (χ0v) is 16.7. The van der Waals surface area contributed by atoms with E-state index in [2.05, 4.69) is 10.6 Å². The maximum Gasteiger partial charge on any atom is 0.246 e. The van der Waals surface area contributed by atoms with Crippen LogP contribution in [0.5, 0.6) is 5.75 Å². The lowest BCUT2D eigenvalue weighted by atomic mass is 9.94. The molecule has 1 aromatic rings. The number of hydrogen-bond acceptors (Lipinski definition) is 4. The number of carbonyl (C=O) groups excluding carboxylic acids is 2. The van der Waals surface area contributed by atoms with Gasteiger partial charge in [-0.05, 0) is 43.7 Å². The van der Waals surface area contributed by atoms with Crippen molar-refractivity contribution in [1.29, 1.82) is 0 Å². The summed E-state index contributed by atoms with van der Waals surface area (Å²) in [5, 5.41) is 6.22. The first-order valence-electron chi connectivity index (χ1n) is 10.4. The number of carbonyl (C=O) groups is 2. The van der Waals surface area contributed by atoms with Crippen LogP contribution >= 0.6 is 0 Å². The van der Waals surface area contributed by atoms with Crippen LogP contribution in [-0.2, 0) is 14.3 Å². The molecule has 1 aromatic carbocycles. The molecule has 2 amide bonds. The van der Waals surface area contributed by atoms with Gasteiger partial charge < -0.3 is 20.1 Å². The van der Waals surface area contributed by atoms with Crippen molar-refractivity contribution in [1.82, 2.24) is 10.6 Å². The smallest absolute Gasteiger partial charge is 0.246 e. The van der Waals surface area contributed by atoms with Crippen LogP contribution in [0.1, 0.15) is 44.9 Å². The third-order valence-electron chi connectivity index (χ3n) is 5.80. The first kappa shape index (κ1) is 20.6. The van der Waals surface area contributed by atoms with Crippen LogP contribution in [0.4, 0.5) is 0 Å². The van der Waals surface area contributed by atoms with Gasteiger partial charge in [-0.3, -0.25) is 9.59 Å². The highest BCUT2D eigenvalue weighted by molar-refractivity contribution is 5.82. The van der Waals surface area contributed by atoms with Crippen LogP contribution in [0.15, 0.2) is 30.3 Å². The molecule has 0 saturated heterocycles. The molecule has 6 heteroatoms. The Hall–Kier alpha value is -2.08. The molecule has 0 aromatic heterocycles. The minimum absolute atomic E-state index is 0.0125. The average Bonchev–Trinajstić information content (AvgIpc) is 3.11. The highest BCUT2D eigenvalue weighted by Crippen LogP contribution is 2.33. The van der Waals surface area contributed by atoms with E-state index in [9.17, 15) is 9.59 Å². The van der Waals surface area contributed by atoms with E-state index in [4.69, 9.17) is 9.47 Å². The van der Waals surface area contributed by atoms with E-state index in [1.165, 1.54) is 26.4 Å². The molecule has 0 heterocycles. The minimum atomic E-state index is -0.216. The van der Waals surface area contributed by atoms with E-state index >= 15 is 0 Å². The molecule has 0 spiro atoms. The summed E-state index contributed by atoms with van der Waals surface area (Å²) in [5.41, 5.74) is 0. The van der Waals surface area contributed by atoms with E-state index in [1.54, 1.807) is 0 Å². The van der Waals surface area contributed by atoms with E-state index in [0.717, 1.165) is 31.4 Å². The molecule has 6 nitrogen and oxygen atoms in total. The first-order valence-corrected chi connectivity index (χ1v) is 10.4. The summed E-state index contributed by atoms with van der Waals surface area (Å²) in [4.78, 5) is 25.0. The van der Waals surface area contributed by atoms with Gasteiger partial charge in [0.1, 0.15) is 12.4 Å². The van der Waals surface area contributed by atoms with Crippen molar-refractivity contribution in [3.8, 4) is 5.75 Å². The number of ether oxygens (including phenoxy) is 2. The molecular formula is C22H32N2O4.